The van der Waals surface area contributed by atoms with E-state index < -0.39 is 6.09 Å². The fraction of sp³-hybridized carbons (Fsp3) is 0.926. The number of nitrogens with one attached hydrogen (secondary N) is 2. The highest BCUT2D eigenvalue weighted by Crippen LogP contribution is 2.67. The van der Waals surface area contributed by atoms with Crippen molar-refractivity contribution < 1.29 is 14.7 Å². The summed E-state index contributed by atoms with van der Waals surface area (Å²) < 4.78 is 0. The molecule has 0 heterocycles. The van der Waals surface area contributed by atoms with Crippen LogP contribution in [0.1, 0.15) is 92.4 Å². The maximum atomic E-state index is 12.1. The summed E-state index contributed by atoms with van der Waals surface area (Å²) in [4.78, 5) is 17.3. The minimum absolute atomic E-state index is 0.0770. The summed E-state index contributed by atoms with van der Waals surface area (Å²) in [5.74, 6) is 3.45. The molecule has 0 spiro atoms. The minimum atomic E-state index is -0.464. The lowest BCUT2D eigenvalue weighted by Gasteiger charge is -2.61. The molecule has 6 heteroatoms. The van der Waals surface area contributed by atoms with Crippen molar-refractivity contribution in [2.45, 2.75) is 105 Å². The fourth-order valence-corrected chi connectivity index (χ4v) is 8.66. The fourth-order valence-electron chi connectivity index (χ4n) is 8.66. The molecule has 0 aliphatic heterocycles. The molecule has 1 amide bonds. The van der Waals surface area contributed by atoms with E-state index in [0.29, 0.717) is 29.8 Å². The number of carbonyl (C=O) groups excluding carboxylic acids is 1. The minimum Gasteiger partial charge on any atom is -0.393 e. The van der Waals surface area contributed by atoms with Gasteiger partial charge in [0.05, 0.1) is 11.8 Å². The van der Waals surface area contributed by atoms with Crippen molar-refractivity contribution in [3.8, 4) is 0 Å². The highest BCUT2D eigenvalue weighted by molar-refractivity contribution is 5.85. The van der Waals surface area contributed by atoms with Crippen LogP contribution in [0.15, 0.2) is 5.16 Å². The zero-order valence-electron chi connectivity index (χ0n) is 21.5. The standard InChI is InChI=1S/C27H47N3O3/c1-17(2)28-14-15-29-25(32)33-30-18(3)22-8-9-23-21-7-6-19-16-20(31)10-12-26(19,4)24(21)11-13-27(22,23)5/h17,19-24,28,31H,6-16H2,1-5H3,(H,29,32)/b30-18+/t19-,20-,21-,22+,23-,24-,26-,27+/m0/s1. The number of nitrogens with zero attached hydrogens (tertiary/aromatic N) is 1. The van der Waals surface area contributed by atoms with Crippen molar-refractivity contribution in [2.75, 3.05) is 13.1 Å². The lowest BCUT2D eigenvalue weighted by molar-refractivity contribution is -0.123. The SMILES string of the molecule is C/C(=N\OC(=O)NCCNC(C)C)[C@H]1CC[C@H]2[C@@H]3CC[C@H]4C[C@@H](O)CC[C@]4(C)[C@H]3CC[C@]12C. The predicted molar refractivity (Wildman–Crippen MR) is 132 cm³/mol. The van der Waals surface area contributed by atoms with Crippen LogP contribution in [0.4, 0.5) is 4.79 Å². The van der Waals surface area contributed by atoms with E-state index in [1.807, 2.05) is 0 Å². The van der Waals surface area contributed by atoms with Gasteiger partial charge in [-0.25, -0.2) is 4.79 Å². The van der Waals surface area contributed by atoms with Crippen LogP contribution in [-0.2, 0) is 4.84 Å². The number of rotatable bonds is 6. The van der Waals surface area contributed by atoms with Crippen LogP contribution in [0.2, 0.25) is 0 Å². The Morgan fingerprint density at radius 2 is 1.76 bits per heavy atom. The Balaban J connectivity index is 1.37. The molecular formula is C27H47N3O3. The van der Waals surface area contributed by atoms with Gasteiger partial charge in [0.25, 0.3) is 0 Å². The molecular weight excluding hydrogens is 414 g/mol. The Morgan fingerprint density at radius 1 is 1.03 bits per heavy atom. The topological polar surface area (TPSA) is 83.0 Å². The first-order valence-electron chi connectivity index (χ1n) is 13.6. The molecule has 4 fully saturated rings. The van der Waals surface area contributed by atoms with Gasteiger partial charge >= 0.3 is 6.09 Å². The smallest absolute Gasteiger partial charge is 0.393 e. The molecule has 4 aliphatic rings. The van der Waals surface area contributed by atoms with Gasteiger partial charge in [0.15, 0.2) is 0 Å². The summed E-state index contributed by atoms with van der Waals surface area (Å²) in [6.45, 7) is 12.5. The average molecular weight is 462 g/mol. The third kappa shape index (κ3) is 4.84. The van der Waals surface area contributed by atoms with Gasteiger partial charge in [-0.3, -0.25) is 4.84 Å². The molecule has 6 nitrogen and oxygen atoms in total. The number of aliphatic hydroxyl groups is 1. The van der Waals surface area contributed by atoms with Crippen molar-refractivity contribution in [3.63, 3.8) is 0 Å². The largest absolute Gasteiger partial charge is 0.433 e. The number of fused-ring (bicyclic) bond motifs is 5. The molecule has 4 rings (SSSR count). The monoisotopic (exact) mass is 461 g/mol. The molecule has 0 aromatic carbocycles. The second-order valence-electron chi connectivity index (χ2n) is 12.4. The van der Waals surface area contributed by atoms with Gasteiger partial charge < -0.3 is 15.7 Å². The Bertz CT molecular complexity index is 740. The molecule has 33 heavy (non-hydrogen) atoms. The molecule has 0 saturated heterocycles. The number of hydrogen-bond acceptors (Lipinski definition) is 5. The normalized spacial score (nSPS) is 42.9. The summed E-state index contributed by atoms with van der Waals surface area (Å²) in [5.41, 5.74) is 1.65. The number of carbonyl (C=O) groups is 1. The van der Waals surface area contributed by atoms with Gasteiger partial charge in [0, 0.05) is 25.0 Å². The zero-order valence-corrected chi connectivity index (χ0v) is 21.5. The number of oxime groups is 1. The Morgan fingerprint density at radius 3 is 2.52 bits per heavy atom. The molecule has 188 valence electrons. The van der Waals surface area contributed by atoms with E-state index in [1.54, 1.807) is 0 Å². The second-order valence-corrected chi connectivity index (χ2v) is 12.4. The van der Waals surface area contributed by atoms with Crippen LogP contribution >= 0.6 is 0 Å². The molecule has 0 aromatic heterocycles. The van der Waals surface area contributed by atoms with Crippen molar-refractivity contribution >= 4 is 11.8 Å². The number of aliphatic hydroxyl groups excluding tert-OH is 1. The van der Waals surface area contributed by atoms with Gasteiger partial charge in [0.2, 0.25) is 0 Å². The van der Waals surface area contributed by atoms with Crippen molar-refractivity contribution in [1.29, 1.82) is 0 Å². The first kappa shape index (κ1) is 25.0. The third-order valence-corrected chi connectivity index (χ3v) is 10.4. The van der Waals surface area contributed by atoms with Crippen LogP contribution < -0.4 is 10.6 Å². The van der Waals surface area contributed by atoms with Crippen LogP contribution in [0.3, 0.4) is 0 Å². The second kappa shape index (κ2) is 9.85. The lowest BCUT2D eigenvalue weighted by Crippen LogP contribution is -2.54. The maximum absolute atomic E-state index is 12.1. The van der Waals surface area contributed by atoms with E-state index in [9.17, 15) is 9.90 Å². The van der Waals surface area contributed by atoms with Crippen molar-refractivity contribution in [1.82, 2.24) is 10.6 Å². The van der Waals surface area contributed by atoms with Crippen LogP contribution in [0, 0.1) is 40.4 Å². The molecule has 0 bridgehead atoms. The van der Waals surface area contributed by atoms with Gasteiger partial charge in [0.1, 0.15) is 0 Å². The van der Waals surface area contributed by atoms with Crippen LogP contribution in [0.25, 0.3) is 0 Å². The molecule has 0 radical (unpaired) electrons. The maximum Gasteiger partial charge on any atom is 0.433 e. The lowest BCUT2D eigenvalue weighted by atomic mass is 9.44. The van der Waals surface area contributed by atoms with E-state index in [-0.39, 0.29) is 11.5 Å². The van der Waals surface area contributed by atoms with E-state index >= 15 is 0 Å². The summed E-state index contributed by atoms with van der Waals surface area (Å²) in [5, 5.41) is 20.6. The molecule has 4 saturated carbocycles. The molecule has 3 N–H and O–H groups in total. The predicted octanol–water partition coefficient (Wildman–Crippen LogP) is 5.11. The van der Waals surface area contributed by atoms with E-state index in [0.717, 1.165) is 49.3 Å². The highest BCUT2D eigenvalue weighted by atomic mass is 16.7. The Labute approximate surface area is 200 Å². The van der Waals surface area contributed by atoms with E-state index in [2.05, 4.69) is 50.4 Å². The third-order valence-electron chi connectivity index (χ3n) is 10.4. The summed E-state index contributed by atoms with van der Waals surface area (Å²) >= 11 is 0. The van der Waals surface area contributed by atoms with Gasteiger partial charge in [-0.15, -0.1) is 0 Å². The molecule has 8 atom stereocenters. The van der Waals surface area contributed by atoms with E-state index in [4.69, 9.17) is 4.84 Å². The Kier molecular flexibility index (Phi) is 7.45. The molecule has 4 aliphatic carbocycles. The first-order chi connectivity index (χ1) is 15.6. The van der Waals surface area contributed by atoms with E-state index in [1.165, 1.54) is 38.5 Å². The summed E-state index contributed by atoms with van der Waals surface area (Å²) in [7, 11) is 0. The van der Waals surface area contributed by atoms with Gasteiger partial charge in [-0.1, -0.05) is 32.9 Å². The van der Waals surface area contributed by atoms with Gasteiger partial charge in [-0.2, -0.15) is 0 Å². The summed E-state index contributed by atoms with van der Waals surface area (Å²) in [6.07, 6.45) is 10.2. The quantitative estimate of drug-likeness (QED) is 0.222. The van der Waals surface area contributed by atoms with Crippen molar-refractivity contribution in [3.05, 3.63) is 0 Å². The van der Waals surface area contributed by atoms with Crippen LogP contribution in [-0.4, -0.2) is 42.1 Å². The first-order valence-corrected chi connectivity index (χ1v) is 13.6. The number of hydrogen-bond donors (Lipinski definition) is 3. The molecule has 0 aromatic rings. The number of amides is 1. The highest BCUT2D eigenvalue weighted by Gasteiger charge is 2.60. The average Bonchev–Trinajstić information content (AvgIpc) is 3.12. The molecule has 0 unspecified atom stereocenters. The van der Waals surface area contributed by atoms with Crippen molar-refractivity contribution in [2.24, 2.45) is 45.6 Å². The zero-order chi connectivity index (χ0) is 23.8. The van der Waals surface area contributed by atoms with Crippen LogP contribution in [0.5, 0.6) is 0 Å². The van der Waals surface area contributed by atoms with Gasteiger partial charge in [-0.05, 0) is 99.2 Å². The Hall–Kier alpha value is -1.14. The summed E-state index contributed by atoms with van der Waals surface area (Å²) in [6, 6.07) is 0.400.